The van der Waals surface area contributed by atoms with Gasteiger partial charge in [-0.15, -0.1) is 0 Å². The molecule has 0 unspecified atom stereocenters. The van der Waals surface area contributed by atoms with Crippen LogP contribution in [-0.2, 0) is 21.1 Å². The van der Waals surface area contributed by atoms with Gasteiger partial charge in [0.1, 0.15) is 0 Å². The molecule has 0 aromatic heterocycles. The lowest BCUT2D eigenvalue weighted by Crippen LogP contribution is -2.37. The first-order chi connectivity index (χ1) is 12.3. The Morgan fingerprint density at radius 1 is 1.19 bits per heavy atom. The summed E-state index contributed by atoms with van der Waals surface area (Å²) < 4.78 is 47.9. The molecule has 8 heteroatoms. The van der Waals surface area contributed by atoms with E-state index in [-0.39, 0.29) is 18.5 Å². The first-order valence-corrected chi connectivity index (χ1v) is 9.60. The highest BCUT2D eigenvalue weighted by Gasteiger charge is 2.28. The third kappa shape index (κ3) is 3.55. The summed E-state index contributed by atoms with van der Waals surface area (Å²) in [6, 6.07) is 12.8. The van der Waals surface area contributed by atoms with Crippen LogP contribution >= 0.6 is 0 Å². The van der Waals surface area contributed by atoms with Crippen molar-refractivity contribution in [3.05, 3.63) is 54.1 Å². The van der Waals surface area contributed by atoms with E-state index in [1.54, 1.807) is 0 Å². The summed E-state index contributed by atoms with van der Waals surface area (Å²) in [5, 5.41) is 2.67. The Kier molecular flexibility index (Phi) is 4.95. The van der Waals surface area contributed by atoms with Crippen molar-refractivity contribution in [2.24, 2.45) is 0 Å². The van der Waals surface area contributed by atoms with Crippen molar-refractivity contribution in [1.82, 2.24) is 0 Å². The Labute approximate surface area is 150 Å². The smallest absolute Gasteiger partial charge is 0.341 e. The molecule has 0 bridgehead atoms. The summed E-state index contributed by atoms with van der Waals surface area (Å²) in [6.45, 7) is 2.19. The summed E-state index contributed by atoms with van der Waals surface area (Å²) in [6.07, 6.45) is 0.865. The minimum Gasteiger partial charge on any atom is -0.359 e. The molecule has 1 aliphatic heterocycles. The van der Waals surface area contributed by atoms with E-state index < -0.39 is 20.5 Å². The number of nitrogens with one attached hydrogen (secondary N) is 1. The summed E-state index contributed by atoms with van der Waals surface area (Å²) >= 11 is 0. The lowest BCUT2D eigenvalue weighted by atomic mass is 10.1. The highest BCUT2D eigenvalue weighted by molar-refractivity contribution is 7.91. The Bertz CT molecular complexity index is 914. The van der Waals surface area contributed by atoms with E-state index in [0.29, 0.717) is 5.69 Å². The summed E-state index contributed by atoms with van der Waals surface area (Å²) in [7, 11) is -4.64. The molecule has 2 aromatic rings. The second-order valence-electron chi connectivity index (χ2n) is 6.19. The average Bonchev–Trinajstić information content (AvgIpc) is 2.91. The van der Waals surface area contributed by atoms with Gasteiger partial charge in [0.05, 0.1) is 11.4 Å². The number of benzene rings is 2. The number of para-hydroxylation sites is 1. The lowest BCUT2D eigenvalue weighted by Gasteiger charge is -2.24. The average molecular weight is 380 g/mol. The predicted molar refractivity (Wildman–Crippen MR) is 95.2 cm³/mol. The van der Waals surface area contributed by atoms with Crippen LogP contribution in [0, 0.1) is 0 Å². The minimum absolute atomic E-state index is 0.148. The molecular weight excluding hydrogens is 362 g/mol. The fraction of sp³-hybridized carbons (Fsp3) is 0.278. The van der Waals surface area contributed by atoms with Gasteiger partial charge in [-0.3, -0.25) is 4.79 Å². The molecule has 138 valence electrons. The SMILES string of the molecule is C[C@H]1Cc2ccccc2N1CC(=O)Nc1ccc(S(=O)(=O)C(F)F)cc1. The fourth-order valence-electron chi connectivity index (χ4n) is 3.06. The molecule has 26 heavy (non-hydrogen) atoms. The number of hydrogen-bond acceptors (Lipinski definition) is 4. The number of carbonyl (C=O) groups excluding carboxylic acids is 1. The van der Waals surface area contributed by atoms with E-state index in [4.69, 9.17) is 0 Å². The van der Waals surface area contributed by atoms with Gasteiger partial charge in [0.25, 0.3) is 0 Å². The van der Waals surface area contributed by atoms with Crippen molar-refractivity contribution in [2.45, 2.75) is 30.0 Å². The number of amides is 1. The van der Waals surface area contributed by atoms with E-state index in [9.17, 15) is 22.0 Å². The Morgan fingerprint density at radius 2 is 1.85 bits per heavy atom. The molecule has 0 saturated heterocycles. The van der Waals surface area contributed by atoms with Crippen LogP contribution in [0.1, 0.15) is 12.5 Å². The number of hydrogen-bond donors (Lipinski definition) is 1. The van der Waals surface area contributed by atoms with Gasteiger partial charge in [0.15, 0.2) is 0 Å². The molecular formula is C18H18F2N2O3S. The van der Waals surface area contributed by atoms with Gasteiger partial charge >= 0.3 is 5.76 Å². The van der Waals surface area contributed by atoms with Crippen molar-refractivity contribution < 1.29 is 22.0 Å². The van der Waals surface area contributed by atoms with Crippen molar-refractivity contribution >= 4 is 27.1 Å². The second kappa shape index (κ2) is 7.03. The highest BCUT2D eigenvalue weighted by atomic mass is 32.2. The van der Waals surface area contributed by atoms with Crippen LogP contribution in [0.2, 0.25) is 0 Å². The van der Waals surface area contributed by atoms with Crippen molar-refractivity contribution in [2.75, 3.05) is 16.8 Å². The Hall–Kier alpha value is -2.48. The first kappa shape index (κ1) is 18.3. The molecule has 5 nitrogen and oxygen atoms in total. The molecule has 0 aliphatic carbocycles. The summed E-state index contributed by atoms with van der Waals surface area (Å²) in [5.41, 5.74) is 2.56. The van der Waals surface area contributed by atoms with E-state index in [0.717, 1.165) is 24.2 Å². The quantitative estimate of drug-likeness (QED) is 0.866. The number of rotatable bonds is 5. The van der Waals surface area contributed by atoms with Gasteiger partial charge in [-0.05, 0) is 49.2 Å². The molecule has 3 rings (SSSR count). The molecule has 0 saturated carbocycles. The number of halogens is 2. The molecule has 1 aliphatic rings. The Balaban J connectivity index is 1.68. The van der Waals surface area contributed by atoms with E-state index in [1.807, 2.05) is 36.1 Å². The molecule has 0 radical (unpaired) electrons. The number of sulfone groups is 1. The maximum absolute atomic E-state index is 12.5. The zero-order valence-corrected chi connectivity index (χ0v) is 14.8. The van der Waals surface area contributed by atoms with Gasteiger partial charge in [-0.2, -0.15) is 8.78 Å². The van der Waals surface area contributed by atoms with Crippen LogP contribution in [-0.4, -0.2) is 32.7 Å². The number of fused-ring (bicyclic) bond motifs is 1. The van der Waals surface area contributed by atoms with Gasteiger partial charge in [0, 0.05) is 17.4 Å². The van der Waals surface area contributed by atoms with Crippen LogP contribution in [0.5, 0.6) is 0 Å². The monoisotopic (exact) mass is 380 g/mol. The summed E-state index contributed by atoms with van der Waals surface area (Å²) in [5.74, 6) is -3.74. The number of alkyl halides is 2. The molecule has 1 amide bonds. The van der Waals surface area contributed by atoms with Gasteiger partial charge in [-0.1, -0.05) is 18.2 Å². The van der Waals surface area contributed by atoms with E-state index in [2.05, 4.69) is 5.32 Å². The van der Waals surface area contributed by atoms with Crippen LogP contribution < -0.4 is 10.2 Å². The van der Waals surface area contributed by atoms with E-state index in [1.165, 1.54) is 17.7 Å². The van der Waals surface area contributed by atoms with Crippen LogP contribution in [0.4, 0.5) is 20.2 Å². The van der Waals surface area contributed by atoms with Crippen LogP contribution in [0.3, 0.4) is 0 Å². The molecule has 2 aromatic carbocycles. The summed E-state index contributed by atoms with van der Waals surface area (Å²) in [4.78, 5) is 13.8. The maximum atomic E-state index is 12.5. The molecule has 1 atom stereocenters. The number of anilines is 2. The molecule has 1 N–H and O–H groups in total. The predicted octanol–water partition coefficient (Wildman–Crippen LogP) is 3.07. The number of nitrogens with zero attached hydrogens (tertiary/aromatic N) is 1. The van der Waals surface area contributed by atoms with Crippen molar-refractivity contribution in [1.29, 1.82) is 0 Å². The van der Waals surface area contributed by atoms with E-state index >= 15 is 0 Å². The normalized spacial score (nSPS) is 16.6. The molecule has 1 heterocycles. The zero-order chi connectivity index (χ0) is 18.9. The van der Waals surface area contributed by atoms with Gasteiger partial charge < -0.3 is 10.2 Å². The second-order valence-corrected chi connectivity index (χ2v) is 8.11. The van der Waals surface area contributed by atoms with Crippen LogP contribution in [0.15, 0.2) is 53.4 Å². The van der Waals surface area contributed by atoms with Gasteiger partial charge in [0.2, 0.25) is 15.7 Å². The third-order valence-electron chi connectivity index (χ3n) is 4.36. The largest absolute Gasteiger partial charge is 0.359 e. The highest BCUT2D eigenvalue weighted by Crippen LogP contribution is 2.31. The van der Waals surface area contributed by atoms with Gasteiger partial charge in [-0.25, -0.2) is 8.42 Å². The third-order valence-corrected chi connectivity index (χ3v) is 5.76. The zero-order valence-electron chi connectivity index (χ0n) is 14.0. The number of carbonyl (C=O) groups is 1. The van der Waals surface area contributed by atoms with Crippen LogP contribution in [0.25, 0.3) is 0 Å². The molecule has 0 spiro atoms. The lowest BCUT2D eigenvalue weighted by molar-refractivity contribution is -0.115. The van der Waals surface area contributed by atoms with Crippen molar-refractivity contribution in [3.63, 3.8) is 0 Å². The first-order valence-electron chi connectivity index (χ1n) is 8.05. The topological polar surface area (TPSA) is 66.5 Å². The maximum Gasteiger partial charge on any atom is 0.341 e. The van der Waals surface area contributed by atoms with Crippen molar-refractivity contribution in [3.8, 4) is 0 Å². The molecule has 0 fully saturated rings. The fourth-order valence-corrected chi connectivity index (χ4v) is 3.78. The minimum atomic E-state index is -4.64. The standard InChI is InChI=1S/C18H18F2N2O3S/c1-12-10-13-4-2-3-5-16(13)22(12)11-17(23)21-14-6-8-15(9-7-14)26(24,25)18(19)20/h2-9,12,18H,10-11H2,1H3,(H,21,23)/t12-/m0/s1. The Morgan fingerprint density at radius 3 is 2.50 bits per heavy atom.